The molecule has 3 rings (SSSR count). The van der Waals surface area contributed by atoms with Gasteiger partial charge in [-0.3, -0.25) is 4.79 Å². The number of hydrogen-bond donors (Lipinski definition) is 0. The van der Waals surface area contributed by atoms with Crippen molar-refractivity contribution in [3.05, 3.63) is 48.0 Å². The van der Waals surface area contributed by atoms with Gasteiger partial charge in [0.15, 0.2) is 5.82 Å². The fraction of sp³-hybridized carbons (Fsp3) is 0.450. The smallest absolute Gasteiger partial charge is 0.227 e. The second-order valence-electron chi connectivity index (χ2n) is 7.65. The van der Waals surface area contributed by atoms with Crippen LogP contribution in [-0.4, -0.2) is 33.9 Å². The normalized spacial score (nSPS) is 18.2. The number of likely N-dealkylation sites (tertiary alicyclic amines) is 1. The molecule has 1 aromatic heterocycles. The highest BCUT2D eigenvalue weighted by Gasteiger charge is 2.32. The lowest BCUT2D eigenvalue weighted by atomic mass is 9.90. The van der Waals surface area contributed by atoms with Crippen molar-refractivity contribution in [2.75, 3.05) is 13.1 Å². The van der Waals surface area contributed by atoms with Gasteiger partial charge in [-0.25, -0.2) is 14.4 Å². The molecule has 0 aliphatic carbocycles. The summed E-state index contributed by atoms with van der Waals surface area (Å²) in [5, 5.41) is 0. The molecule has 0 N–H and O–H groups in total. The Morgan fingerprint density at radius 3 is 2.60 bits per heavy atom. The largest absolute Gasteiger partial charge is 0.342 e. The van der Waals surface area contributed by atoms with Crippen LogP contribution in [0.1, 0.15) is 45.2 Å². The highest BCUT2D eigenvalue weighted by Crippen LogP contribution is 2.29. The molecule has 0 spiro atoms. The van der Waals surface area contributed by atoms with Crippen LogP contribution in [0.15, 0.2) is 36.5 Å². The maximum atomic E-state index is 13.1. The van der Waals surface area contributed by atoms with E-state index in [0.29, 0.717) is 12.4 Å². The maximum Gasteiger partial charge on any atom is 0.227 e. The zero-order valence-electron chi connectivity index (χ0n) is 15.0. The molecule has 2 aromatic rings. The summed E-state index contributed by atoms with van der Waals surface area (Å²) in [5.41, 5.74) is 1.37. The minimum absolute atomic E-state index is 0.185. The second-order valence-corrected chi connectivity index (χ2v) is 7.65. The third kappa shape index (κ3) is 4.03. The van der Waals surface area contributed by atoms with Gasteiger partial charge in [0.1, 0.15) is 5.82 Å². The van der Waals surface area contributed by atoms with Gasteiger partial charge in [0.2, 0.25) is 5.91 Å². The molecule has 132 valence electrons. The van der Waals surface area contributed by atoms with Crippen molar-refractivity contribution in [3.63, 3.8) is 0 Å². The molecule has 0 radical (unpaired) electrons. The Balaban J connectivity index is 1.81. The molecule has 1 fully saturated rings. The number of hydrogen-bond acceptors (Lipinski definition) is 3. The lowest BCUT2D eigenvalue weighted by Gasteiger charge is -2.36. The predicted molar refractivity (Wildman–Crippen MR) is 95.4 cm³/mol. The predicted octanol–water partition coefficient (Wildman–Crippen LogP) is 4.03. The van der Waals surface area contributed by atoms with Crippen molar-refractivity contribution >= 4 is 5.91 Å². The summed E-state index contributed by atoms with van der Waals surface area (Å²) in [7, 11) is 0. The third-order valence-electron chi connectivity index (χ3n) is 4.55. The Morgan fingerprint density at radius 1 is 1.20 bits per heavy atom. The van der Waals surface area contributed by atoms with Gasteiger partial charge in [0, 0.05) is 41.9 Å². The van der Waals surface area contributed by atoms with E-state index < -0.39 is 0 Å². The summed E-state index contributed by atoms with van der Waals surface area (Å²) in [4.78, 5) is 23.5. The van der Waals surface area contributed by atoms with Crippen LogP contribution in [0.4, 0.5) is 4.39 Å². The molecule has 1 atom stereocenters. The van der Waals surface area contributed by atoms with E-state index in [1.807, 2.05) is 31.7 Å². The average Bonchev–Trinajstić information content (AvgIpc) is 2.61. The Labute approximate surface area is 148 Å². The van der Waals surface area contributed by atoms with Crippen LogP contribution in [0.3, 0.4) is 0 Å². The topological polar surface area (TPSA) is 46.1 Å². The van der Waals surface area contributed by atoms with E-state index >= 15 is 0 Å². The standard InChI is InChI=1S/C20H24FN3O/c1-20(2,3)19(25)24-12-4-5-15(13-24)17-10-11-22-18(23-17)14-6-8-16(21)9-7-14/h6-11,15H,4-5,12-13H2,1-3H3/t15-/m1/s1. The lowest BCUT2D eigenvalue weighted by molar-refractivity contribution is -0.140. The first-order valence-corrected chi connectivity index (χ1v) is 8.73. The van der Waals surface area contributed by atoms with Gasteiger partial charge >= 0.3 is 0 Å². The van der Waals surface area contributed by atoms with Crippen molar-refractivity contribution in [1.82, 2.24) is 14.9 Å². The van der Waals surface area contributed by atoms with Gasteiger partial charge in [0.05, 0.1) is 0 Å². The van der Waals surface area contributed by atoms with Gasteiger partial charge in [-0.1, -0.05) is 20.8 Å². The lowest BCUT2D eigenvalue weighted by Crippen LogP contribution is -2.44. The van der Waals surface area contributed by atoms with E-state index in [4.69, 9.17) is 0 Å². The molecule has 1 aliphatic rings. The van der Waals surface area contributed by atoms with E-state index in [-0.39, 0.29) is 23.1 Å². The molecule has 1 amide bonds. The average molecular weight is 341 g/mol. The van der Waals surface area contributed by atoms with E-state index in [1.165, 1.54) is 12.1 Å². The van der Waals surface area contributed by atoms with Gasteiger partial charge in [-0.05, 0) is 43.2 Å². The molecular formula is C20H24FN3O. The molecule has 1 saturated heterocycles. The SMILES string of the molecule is CC(C)(C)C(=O)N1CCC[C@@H](c2ccnc(-c3ccc(F)cc3)n2)C1. The molecule has 0 unspecified atom stereocenters. The van der Waals surface area contributed by atoms with Crippen LogP contribution in [0.25, 0.3) is 11.4 Å². The highest BCUT2D eigenvalue weighted by atomic mass is 19.1. The summed E-state index contributed by atoms with van der Waals surface area (Å²) in [6.45, 7) is 7.36. The van der Waals surface area contributed by atoms with Gasteiger partial charge < -0.3 is 4.90 Å². The van der Waals surface area contributed by atoms with Crippen LogP contribution < -0.4 is 0 Å². The quantitative estimate of drug-likeness (QED) is 0.828. The van der Waals surface area contributed by atoms with Crippen molar-refractivity contribution in [3.8, 4) is 11.4 Å². The van der Waals surface area contributed by atoms with Gasteiger partial charge in [0.25, 0.3) is 0 Å². The highest BCUT2D eigenvalue weighted by molar-refractivity contribution is 5.81. The van der Waals surface area contributed by atoms with E-state index in [0.717, 1.165) is 30.6 Å². The molecule has 1 aliphatic heterocycles. The van der Waals surface area contributed by atoms with Crippen LogP contribution in [-0.2, 0) is 4.79 Å². The minimum Gasteiger partial charge on any atom is -0.342 e. The van der Waals surface area contributed by atoms with Crippen LogP contribution >= 0.6 is 0 Å². The number of amides is 1. The number of benzene rings is 1. The number of aromatic nitrogens is 2. The summed E-state index contributed by atoms with van der Waals surface area (Å²) < 4.78 is 13.1. The molecule has 1 aromatic carbocycles. The van der Waals surface area contributed by atoms with Crippen molar-refractivity contribution in [1.29, 1.82) is 0 Å². The zero-order chi connectivity index (χ0) is 18.0. The zero-order valence-corrected chi connectivity index (χ0v) is 15.0. The maximum absolute atomic E-state index is 13.1. The summed E-state index contributed by atoms with van der Waals surface area (Å²) in [6.07, 6.45) is 3.72. The number of piperidine rings is 1. The monoisotopic (exact) mass is 341 g/mol. The Kier molecular flexibility index (Phi) is 4.84. The minimum atomic E-state index is -0.368. The van der Waals surface area contributed by atoms with Gasteiger partial charge in [-0.2, -0.15) is 0 Å². The number of halogens is 1. The van der Waals surface area contributed by atoms with Crippen LogP contribution in [0, 0.1) is 11.2 Å². The second kappa shape index (κ2) is 6.90. The Morgan fingerprint density at radius 2 is 1.92 bits per heavy atom. The summed E-state index contributed by atoms with van der Waals surface area (Å²) in [6, 6.07) is 8.11. The van der Waals surface area contributed by atoms with Crippen molar-refractivity contribution in [2.45, 2.75) is 39.5 Å². The Hall–Kier alpha value is -2.30. The fourth-order valence-corrected chi connectivity index (χ4v) is 3.22. The Bertz CT molecular complexity index is 752. The van der Waals surface area contributed by atoms with Gasteiger partial charge in [-0.15, -0.1) is 0 Å². The number of rotatable bonds is 2. The number of carbonyl (C=O) groups is 1. The van der Waals surface area contributed by atoms with Crippen molar-refractivity contribution < 1.29 is 9.18 Å². The first kappa shape index (κ1) is 17.5. The molecule has 25 heavy (non-hydrogen) atoms. The summed E-state index contributed by atoms with van der Waals surface area (Å²) >= 11 is 0. The fourth-order valence-electron chi connectivity index (χ4n) is 3.22. The molecule has 2 heterocycles. The third-order valence-corrected chi connectivity index (χ3v) is 4.55. The first-order chi connectivity index (χ1) is 11.8. The molecule has 4 nitrogen and oxygen atoms in total. The first-order valence-electron chi connectivity index (χ1n) is 8.73. The van der Waals surface area contributed by atoms with E-state index in [1.54, 1.807) is 18.3 Å². The van der Waals surface area contributed by atoms with Crippen LogP contribution in [0.5, 0.6) is 0 Å². The van der Waals surface area contributed by atoms with E-state index in [9.17, 15) is 9.18 Å². The molecular weight excluding hydrogens is 317 g/mol. The molecule has 0 bridgehead atoms. The van der Waals surface area contributed by atoms with Crippen LogP contribution in [0.2, 0.25) is 0 Å². The molecule has 5 heteroatoms. The molecule has 0 saturated carbocycles. The number of carbonyl (C=O) groups excluding carboxylic acids is 1. The van der Waals surface area contributed by atoms with Crippen molar-refractivity contribution in [2.24, 2.45) is 5.41 Å². The number of nitrogens with zero attached hydrogens (tertiary/aromatic N) is 3. The summed E-state index contributed by atoms with van der Waals surface area (Å²) in [5.74, 6) is 0.715. The van der Waals surface area contributed by atoms with E-state index in [2.05, 4.69) is 9.97 Å².